The summed E-state index contributed by atoms with van der Waals surface area (Å²) in [4.78, 5) is 6.58. The highest BCUT2D eigenvalue weighted by atomic mass is 16.3. The number of pyridine rings is 1. The van der Waals surface area contributed by atoms with Gasteiger partial charge in [-0.2, -0.15) is 5.10 Å². The minimum absolute atomic E-state index is 0.0240. The molecular formula is C16H18N4O2. The van der Waals surface area contributed by atoms with Gasteiger partial charge in [-0.05, 0) is 24.3 Å². The van der Waals surface area contributed by atoms with E-state index >= 15 is 0 Å². The Hall–Kier alpha value is -2.76. The van der Waals surface area contributed by atoms with E-state index in [2.05, 4.69) is 15.0 Å². The van der Waals surface area contributed by atoms with Gasteiger partial charge in [0, 0.05) is 30.9 Å². The summed E-state index contributed by atoms with van der Waals surface area (Å²) in [5, 5.41) is 25.3. The van der Waals surface area contributed by atoms with Crippen molar-refractivity contribution in [3.63, 3.8) is 0 Å². The summed E-state index contributed by atoms with van der Waals surface area (Å²) in [5.74, 6) is 1.05. The molecule has 0 atom stereocenters. The number of hydrogen-bond donors (Lipinski definition) is 2. The molecule has 0 spiro atoms. The van der Waals surface area contributed by atoms with E-state index < -0.39 is 0 Å². The van der Waals surface area contributed by atoms with E-state index in [0.29, 0.717) is 5.56 Å². The van der Waals surface area contributed by atoms with Gasteiger partial charge in [-0.1, -0.05) is 6.07 Å². The van der Waals surface area contributed by atoms with Gasteiger partial charge >= 0.3 is 0 Å². The van der Waals surface area contributed by atoms with Crippen LogP contribution in [0.1, 0.15) is 5.56 Å². The molecule has 6 heteroatoms. The van der Waals surface area contributed by atoms with Crippen molar-refractivity contribution in [2.45, 2.75) is 0 Å². The molecule has 114 valence electrons. The van der Waals surface area contributed by atoms with Crippen molar-refractivity contribution in [2.24, 2.45) is 5.10 Å². The lowest BCUT2D eigenvalue weighted by Gasteiger charge is -2.33. The van der Waals surface area contributed by atoms with Crippen molar-refractivity contribution in [1.82, 2.24) is 9.99 Å². The zero-order chi connectivity index (χ0) is 15.4. The highest BCUT2D eigenvalue weighted by Crippen LogP contribution is 2.21. The quantitative estimate of drug-likeness (QED) is 0.843. The fourth-order valence-corrected chi connectivity index (χ4v) is 2.37. The average Bonchev–Trinajstić information content (AvgIpc) is 2.55. The number of rotatable bonds is 3. The van der Waals surface area contributed by atoms with Crippen LogP contribution < -0.4 is 4.90 Å². The fourth-order valence-electron chi connectivity index (χ4n) is 2.37. The average molecular weight is 298 g/mol. The van der Waals surface area contributed by atoms with Gasteiger partial charge in [-0.3, -0.25) is 5.01 Å². The Morgan fingerprint density at radius 2 is 1.86 bits per heavy atom. The van der Waals surface area contributed by atoms with Crippen molar-refractivity contribution >= 4 is 12.0 Å². The SMILES string of the molecule is Oc1ccc(/C=N/N2CCN(c3ccccn3)CC2)c(O)c1. The Labute approximate surface area is 129 Å². The Morgan fingerprint density at radius 3 is 2.55 bits per heavy atom. The Bertz CT molecular complexity index is 652. The van der Waals surface area contributed by atoms with Crippen LogP contribution in [0.15, 0.2) is 47.7 Å². The molecule has 3 rings (SSSR count). The van der Waals surface area contributed by atoms with Gasteiger partial charge in [0.15, 0.2) is 0 Å². The zero-order valence-corrected chi connectivity index (χ0v) is 12.1. The second-order valence-electron chi connectivity index (χ2n) is 5.12. The van der Waals surface area contributed by atoms with Crippen molar-refractivity contribution in [1.29, 1.82) is 0 Å². The molecule has 0 saturated carbocycles. The first kappa shape index (κ1) is 14.2. The minimum atomic E-state index is 0.0240. The van der Waals surface area contributed by atoms with Crippen LogP contribution in [0.4, 0.5) is 5.82 Å². The molecule has 1 aliphatic heterocycles. The predicted octanol–water partition coefficient (Wildman–Crippen LogP) is 1.65. The van der Waals surface area contributed by atoms with Gasteiger partial charge in [0.2, 0.25) is 0 Å². The van der Waals surface area contributed by atoms with Crippen LogP contribution in [0, 0.1) is 0 Å². The summed E-state index contributed by atoms with van der Waals surface area (Å²) < 4.78 is 0. The number of hydrogen-bond acceptors (Lipinski definition) is 6. The van der Waals surface area contributed by atoms with Gasteiger partial charge in [0.1, 0.15) is 17.3 Å². The molecule has 0 aliphatic carbocycles. The zero-order valence-electron chi connectivity index (χ0n) is 12.1. The maximum atomic E-state index is 9.73. The minimum Gasteiger partial charge on any atom is -0.508 e. The number of phenolic OH excluding ortho intramolecular Hbond substituents is 2. The van der Waals surface area contributed by atoms with Gasteiger partial charge in [-0.25, -0.2) is 4.98 Å². The molecular weight excluding hydrogens is 280 g/mol. The molecule has 2 N–H and O–H groups in total. The van der Waals surface area contributed by atoms with Crippen LogP contribution in [-0.2, 0) is 0 Å². The number of hydrazone groups is 1. The molecule has 0 amide bonds. The number of anilines is 1. The molecule has 1 aromatic heterocycles. The number of nitrogens with zero attached hydrogens (tertiary/aromatic N) is 4. The first-order valence-electron chi connectivity index (χ1n) is 7.19. The molecule has 2 heterocycles. The van der Waals surface area contributed by atoms with E-state index in [1.54, 1.807) is 18.5 Å². The second-order valence-corrected chi connectivity index (χ2v) is 5.12. The van der Waals surface area contributed by atoms with E-state index in [4.69, 9.17) is 0 Å². The van der Waals surface area contributed by atoms with Crippen LogP contribution in [-0.4, -0.2) is 52.6 Å². The van der Waals surface area contributed by atoms with Gasteiger partial charge < -0.3 is 15.1 Å². The van der Waals surface area contributed by atoms with Crippen LogP contribution in [0.3, 0.4) is 0 Å². The third-order valence-corrected chi connectivity index (χ3v) is 3.60. The van der Waals surface area contributed by atoms with Gasteiger partial charge in [0.05, 0.1) is 19.3 Å². The lowest BCUT2D eigenvalue weighted by molar-refractivity contribution is 0.271. The molecule has 0 radical (unpaired) electrons. The molecule has 0 bridgehead atoms. The number of phenols is 2. The Morgan fingerprint density at radius 1 is 1.05 bits per heavy atom. The van der Waals surface area contributed by atoms with Crippen LogP contribution >= 0.6 is 0 Å². The highest BCUT2D eigenvalue weighted by molar-refractivity contribution is 5.83. The summed E-state index contributed by atoms with van der Waals surface area (Å²) in [6.07, 6.45) is 3.42. The van der Waals surface area contributed by atoms with E-state index in [-0.39, 0.29) is 11.5 Å². The highest BCUT2D eigenvalue weighted by Gasteiger charge is 2.16. The maximum Gasteiger partial charge on any atom is 0.128 e. The van der Waals surface area contributed by atoms with E-state index in [1.165, 1.54) is 12.1 Å². The van der Waals surface area contributed by atoms with Crippen molar-refractivity contribution in [2.75, 3.05) is 31.1 Å². The van der Waals surface area contributed by atoms with Crippen LogP contribution in [0.5, 0.6) is 11.5 Å². The van der Waals surface area contributed by atoms with Gasteiger partial charge in [-0.15, -0.1) is 0 Å². The third kappa shape index (κ3) is 3.28. The number of aromatic nitrogens is 1. The molecule has 1 saturated heterocycles. The van der Waals surface area contributed by atoms with Crippen molar-refractivity contribution in [3.05, 3.63) is 48.2 Å². The smallest absolute Gasteiger partial charge is 0.128 e. The molecule has 1 aromatic carbocycles. The molecule has 1 aliphatic rings. The normalized spacial score (nSPS) is 15.5. The summed E-state index contributed by atoms with van der Waals surface area (Å²) in [6.45, 7) is 3.31. The monoisotopic (exact) mass is 298 g/mol. The molecule has 0 unspecified atom stereocenters. The summed E-state index contributed by atoms with van der Waals surface area (Å²) in [6, 6.07) is 10.4. The molecule has 1 fully saturated rings. The summed E-state index contributed by atoms with van der Waals surface area (Å²) in [7, 11) is 0. The summed E-state index contributed by atoms with van der Waals surface area (Å²) >= 11 is 0. The topological polar surface area (TPSA) is 72.2 Å². The maximum absolute atomic E-state index is 9.73. The standard InChI is InChI=1S/C16H18N4O2/c21-14-5-4-13(15(22)11-14)12-18-20-9-7-19(8-10-20)16-3-1-2-6-17-16/h1-6,11-12,21-22H,7-10H2/b18-12+. The van der Waals surface area contributed by atoms with E-state index in [1.807, 2.05) is 23.2 Å². The Kier molecular flexibility index (Phi) is 4.09. The number of piperazine rings is 1. The Balaban J connectivity index is 1.59. The summed E-state index contributed by atoms with van der Waals surface area (Å²) in [5.41, 5.74) is 0.588. The van der Waals surface area contributed by atoms with Crippen molar-refractivity contribution in [3.8, 4) is 11.5 Å². The molecule has 6 nitrogen and oxygen atoms in total. The molecule has 22 heavy (non-hydrogen) atoms. The number of benzene rings is 1. The fraction of sp³-hybridized carbons (Fsp3) is 0.250. The lowest BCUT2D eigenvalue weighted by Crippen LogP contribution is -2.44. The first-order valence-corrected chi connectivity index (χ1v) is 7.19. The third-order valence-electron chi connectivity index (χ3n) is 3.60. The van der Waals surface area contributed by atoms with Gasteiger partial charge in [0.25, 0.3) is 0 Å². The number of aromatic hydroxyl groups is 2. The van der Waals surface area contributed by atoms with E-state index in [9.17, 15) is 10.2 Å². The molecule has 2 aromatic rings. The largest absolute Gasteiger partial charge is 0.508 e. The first-order chi connectivity index (χ1) is 10.7. The lowest BCUT2D eigenvalue weighted by atomic mass is 10.2. The van der Waals surface area contributed by atoms with Crippen LogP contribution in [0.2, 0.25) is 0 Å². The predicted molar refractivity (Wildman–Crippen MR) is 85.4 cm³/mol. The van der Waals surface area contributed by atoms with Crippen LogP contribution in [0.25, 0.3) is 0 Å². The van der Waals surface area contributed by atoms with Crippen molar-refractivity contribution < 1.29 is 10.2 Å². The van der Waals surface area contributed by atoms with E-state index in [0.717, 1.165) is 32.0 Å². The second kappa shape index (κ2) is 6.34.